The Labute approximate surface area is 556 Å². The molecule has 0 aromatic rings. The molecule has 0 amide bonds. The Bertz CT molecular complexity index is 2120. The Hall–Kier alpha value is -4.55. The second kappa shape index (κ2) is 59.2. The highest BCUT2D eigenvalue weighted by atomic mass is 16.5. The molecule has 13 heteroatoms. The minimum Gasteiger partial charge on any atom is -0.492 e. The molecule has 13 nitrogen and oxygen atoms in total. The van der Waals surface area contributed by atoms with Crippen LogP contribution in [0.15, 0.2) is 45.0 Å². The van der Waals surface area contributed by atoms with Crippen molar-refractivity contribution in [2.45, 2.75) is 370 Å². The zero-order valence-electron chi connectivity index (χ0n) is 59.9. The summed E-state index contributed by atoms with van der Waals surface area (Å²) in [6, 6.07) is 0. The highest BCUT2D eigenvalue weighted by Gasteiger charge is 2.34. The highest BCUT2D eigenvalue weighted by molar-refractivity contribution is 6.25. The van der Waals surface area contributed by atoms with Crippen LogP contribution in [0.25, 0.3) is 0 Å². The first kappa shape index (κ1) is 84.5. The van der Waals surface area contributed by atoms with Gasteiger partial charge in [0.05, 0.1) is 38.3 Å². The maximum absolute atomic E-state index is 13.9. The molecule has 0 aromatic heterocycles. The predicted octanol–water partition coefficient (Wildman–Crippen LogP) is 20.4. The number of hydrogen-bond donors (Lipinski definition) is 2. The first-order valence-electron chi connectivity index (χ1n) is 37.9. The van der Waals surface area contributed by atoms with Crippen LogP contribution in [0.1, 0.15) is 370 Å². The van der Waals surface area contributed by atoms with Crippen molar-refractivity contribution < 1.29 is 52.5 Å². The lowest BCUT2D eigenvalue weighted by Crippen LogP contribution is -2.32. The van der Waals surface area contributed by atoms with Crippen LogP contribution in [0.5, 0.6) is 0 Å². The molecule has 2 aliphatic carbocycles. The van der Waals surface area contributed by atoms with E-state index in [1.807, 2.05) is 0 Å². The van der Waals surface area contributed by atoms with Crippen molar-refractivity contribution in [1.29, 1.82) is 0 Å². The quantitative estimate of drug-likeness (QED) is 0.0254. The smallest absolute Gasteiger partial charge is 0.305 e. The number of methoxy groups -OCH3 is 1. The van der Waals surface area contributed by atoms with E-state index >= 15 is 0 Å². The Kier molecular flexibility index (Phi) is 55.0. The van der Waals surface area contributed by atoms with Crippen molar-refractivity contribution in [3.63, 3.8) is 0 Å². The lowest BCUT2D eigenvalue weighted by atomic mass is 9.82. The van der Waals surface area contributed by atoms with Crippen LogP contribution < -0.4 is 10.6 Å². The maximum Gasteiger partial charge on any atom is 0.305 e. The number of esters is 3. The number of allylic oxidation sites excluding steroid dienone is 5. The van der Waals surface area contributed by atoms with Gasteiger partial charge < -0.3 is 29.6 Å². The Balaban J connectivity index is 0.000000937. The number of carbonyl (C=O) groups excluding carboxylic acids is 7. The molecule has 0 aliphatic heterocycles. The molecule has 0 aromatic carbocycles. The fraction of sp³-hybridized carbons (Fsp3) is 0.808. The predicted molar refractivity (Wildman–Crippen MR) is 375 cm³/mol. The Morgan fingerprint density at radius 2 is 0.549 bits per heavy atom. The molecule has 2 N–H and O–H groups in total. The van der Waals surface area contributed by atoms with Crippen LogP contribution in [-0.4, -0.2) is 81.1 Å². The lowest BCUT2D eigenvalue weighted by Gasteiger charge is -2.23. The summed E-state index contributed by atoms with van der Waals surface area (Å²) < 4.78 is 21.4. The number of nitrogens with one attached hydrogen (secondary N) is 2. The van der Waals surface area contributed by atoms with Crippen LogP contribution in [0, 0.1) is 0 Å². The van der Waals surface area contributed by atoms with Gasteiger partial charge in [-0.05, 0) is 90.9 Å². The number of ether oxygens (including phenoxy) is 4. The van der Waals surface area contributed by atoms with E-state index in [-0.39, 0.29) is 53.2 Å². The largest absolute Gasteiger partial charge is 0.492 e. The van der Waals surface area contributed by atoms with Crippen LogP contribution in [0.4, 0.5) is 0 Å². The molecule has 0 radical (unpaired) electrons. The number of carbonyl (C=O) groups is 7. The van der Waals surface area contributed by atoms with E-state index in [1.54, 1.807) is 13.8 Å². The fourth-order valence-electron chi connectivity index (χ4n) is 12.0. The zero-order chi connectivity index (χ0) is 66.8. The summed E-state index contributed by atoms with van der Waals surface area (Å²) in [5, 5.41) is 6.34. The highest BCUT2D eigenvalue weighted by Crippen LogP contribution is 2.32. The van der Waals surface area contributed by atoms with Gasteiger partial charge in [0.25, 0.3) is 0 Å². The van der Waals surface area contributed by atoms with Gasteiger partial charge in [-0.1, -0.05) is 259 Å². The molecular formula is C78H136N2O11. The average molecular weight is 1280 g/mol. The summed E-state index contributed by atoms with van der Waals surface area (Å²) in [5.41, 5.74) is 3.29. The number of rotatable bonds is 61. The summed E-state index contributed by atoms with van der Waals surface area (Å²) in [6.45, 7) is 16.6. The summed E-state index contributed by atoms with van der Waals surface area (Å²) in [6.07, 6.45) is 53.3. The van der Waals surface area contributed by atoms with Gasteiger partial charge >= 0.3 is 17.9 Å². The van der Waals surface area contributed by atoms with E-state index in [0.29, 0.717) is 130 Å². The van der Waals surface area contributed by atoms with Crippen molar-refractivity contribution in [3.8, 4) is 0 Å². The third kappa shape index (κ3) is 41.7. The Morgan fingerprint density at radius 1 is 0.297 bits per heavy atom. The summed E-state index contributed by atoms with van der Waals surface area (Å²) in [7, 11) is 1.46. The molecule has 91 heavy (non-hydrogen) atoms. The second-order valence-corrected chi connectivity index (χ2v) is 26.1. The molecule has 0 spiro atoms. The topological polar surface area (TPSA) is 180 Å². The van der Waals surface area contributed by atoms with Crippen LogP contribution in [0.3, 0.4) is 0 Å². The lowest BCUT2D eigenvalue weighted by molar-refractivity contribution is -0.144. The van der Waals surface area contributed by atoms with Crippen molar-refractivity contribution in [3.05, 3.63) is 45.0 Å². The van der Waals surface area contributed by atoms with Crippen molar-refractivity contribution in [2.24, 2.45) is 0 Å². The first-order chi connectivity index (χ1) is 44.3. The van der Waals surface area contributed by atoms with Crippen LogP contribution >= 0.6 is 0 Å². The molecule has 0 saturated carbocycles. The minimum atomic E-state index is -0.226. The third-order valence-electron chi connectivity index (χ3n) is 17.9. The van der Waals surface area contributed by atoms with E-state index < -0.39 is 0 Å². The number of hydrogen-bond acceptors (Lipinski definition) is 13. The monoisotopic (exact) mass is 1280 g/mol. The summed E-state index contributed by atoms with van der Waals surface area (Å²) in [5.74, 6) is -0.949. The molecule has 0 saturated heterocycles. The average Bonchev–Trinajstić information content (AvgIpc) is 0.824. The van der Waals surface area contributed by atoms with Gasteiger partial charge in [-0.2, -0.15) is 0 Å². The van der Waals surface area contributed by atoms with Crippen molar-refractivity contribution >= 4 is 41.0 Å². The normalized spacial score (nSPS) is 13.5. The van der Waals surface area contributed by atoms with Crippen molar-refractivity contribution in [1.82, 2.24) is 10.6 Å². The fourth-order valence-corrected chi connectivity index (χ4v) is 12.0. The standard InChI is InChI=1S/C44H77NO6.C34H59NO5/c1-5-8-11-14-15-16-17-18-19-20-21-22-23-24-30-39-38(31-25-26-32-40(46)50-35-27-12-9-6-2)43(48)37(4)42(44(39)49)45-34-29-33-41(47)51-36-28-13-10-7-3;1-5-7-9-11-12-13-14-15-16-17-18-19-20-21-24-29-33(38)31(28(3)32(37)34(29)39-4)35-26-23-25-30(36)40-27-22-10-8-6-2/h45H,5-36H2,1-4H3;35H,5-27H2,1-4H3. The molecule has 0 heterocycles. The van der Waals surface area contributed by atoms with E-state index in [0.717, 1.165) is 116 Å². The molecule has 0 atom stereocenters. The van der Waals surface area contributed by atoms with Gasteiger partial charge in [0.15, 0.2) is 11.5 Å². The summed E-state index contributed by atoms with van der Waals surface area (Å²) >= 11 is 0. The molecule has 2 rings (SSSR count). The Morgan fingerprint density at radius 3 is 0.879 bits per heavy atom. The number of Topliss-reactive ketones (excluding diaryl/α,β-unsaturated/α-hetero) is 4. The van der Waals surface area contributed by atoms with Gasteiger partial charge in [0, 0.05) is 60.2 Å². The van der Waals surface area contributed by atoms with Crippen molar-refractivity contribution in [2.75, 3.05) is 40.0 Å². The third-order valence-corrected chi connectivity index (χ3v) is 17.9. The molecular weight excluding hydrogens is 1140 g/mol. The SMILES string of the molecule is CCCCCCCCCCCCCCCCC1=C(CCCCC(=O)OCCCCCC)C(=O)C(C)=C(NCCCC(=O)OCCCCCC)C1=O.CCCCCCCCCCCCCCCCC1=C(OC)C(=O)C(C)=C(NCCCC(=O)OCCCCCC)C1=O. The summed E-state index contributed by atoms with van der Waals surface area (Å²) in [4.78, 5) is 90.0. The number of unbranched alkanes of at least 4 members (excludes halogenated alkanes) is 36. The molecule has 0 unspecified atom stereocenters. The molecule has 0 bridgehead atoms. The molecule has 0 fully saturated rings. The van der Waals surface area contributed by atoms with Crippen LogP contribution in [-0.2, 0) is 52.5 Å². The maximum atomic E-state index is 13.9. The van der Waals surface area contributed by atoms with E-state index in [1.165, 1.54) is 148 Å². The van der Waals surface area contributed by atoms with Gasteiger partial charge in [0.2, 0.25) is 17.3 Å². The van der Waals surface area contributed by atoms with E-state index in [2.05, 4.69) is 45.3 Å². The van der Waals surface area contributed by atoms with Crippen LogP contribution in [0.2, 0.25) is 0 Å². The molecule has 524 valence electrons. The molecule has 2 aliphatic rings. The van der Waals surface area contributed by atoms with Gasteiger partial charge in [0.1, 0.15) is 0 Å². The van der Waals surface area contributed by atoms with Gasteiger partial charge in [-0.3, -0.25) is 33.6 Å². The second-order valence-electron chi connectivity index (χ2n) is 26.1. The van der Waals surface area contributed by atoms with E-state index in [4.69, 9.17) is 18.9 Å². The first-order valence-corrected chi connectivity index (χ1v) is 37.9. The van der Waals surface area contributed by atoms with Gasteiger partial charge in [-0.15, -0.1) is 0 Å². The zero-order valence-corrected chi connectivity index (χ0v) is 59.9. The van der Waals surface area contributed by atoms with Gasteiger partial charge in [-0.25, -0.2) is 0 Å². The number of ketones is 4. The minimum absolute atomic E-state index is 0.0672. The van der Waals surface area contributed by atoms with E-state index in [9.17, 15) is 33.6 Å².